The van der Waals surface area contributed by atoms with E-state index in [1.54, 1.807) is 11.3 Å². The van der Waals surface area contributed by atoms with Gasteiger partial charge in [0.2, 0.25) is 5.13 Å². The van der Waals surface area contributed by atoms with Crippen LogP contribution in [-0.2, 0) is 6.42 Å². The molecule has 2 N–H and O–H groups in total. The molecule has 3 rings (SSSR count). The van der Waals surface area contributed by atoms with E-state index in [0.717, 1.165) is 47.8 Å². The number of halogens is 1. The minimum Gasteiger partial charge on any atom is -0.395 e. The minimum atomic E-state index is 0.254. The maximum Gasteiger partial charge on any atom is 0.205 e. The molecule has 0 aliphatic carbocycles. The summed E-state index contributed by atoms with van der Waals surface area (Å²) >= 11 is 7.53. The normalized spacial score (nSPS) is 16.4. The highest BCUT2D eigenvalue weighted by molar-refractivity contribution is 7.15. The molecule has 1 fully saturated rings. The maximum atomic E-state index is 8.98. The summed E-state index contributed by atoms with van der Waals surface area (Å²) in [5.74, 6) is 0.670. The lowest BCUT2D eigenvalue weighted by molar-refractivity contribution is 0.151. The summed E-state index contributed by atoms with van der Waals surface area (Å²) in [5, 5.41) is 23.6. The Balaban J connectivity index is 1.44. The van der Waals surface area contributed by atoms with E-state index in [1.165, 1.54) is 18.4 Å². The topological polar surface area (TPSA) is 61.3 Å². The lowest BCUT2D eigenvalue weighted by atomic mass is 9.97. The van der Waals surface area contributed by atoms with Crippen molar-refractivity contribution < 1.29 is 5.11 Å². The highest BCUT2D eigenvalue weighted by atomic mass is 35.5. The van der Waals surface area contributed by atoms with Gasteiger partial charge < -0.3 is 15.3 Å². The van der Waals surface area contributed by atoms with Crippen molar-refractivity contribution in [3.8, 4) is 0 Å². The second kappa shape index (κ2) is 8.76. The van der Waals surface area contributed by atoms with Gasteiger partial charge in [-0.25, -0.2) is 0 Å². The first-order valence-corrected chi connectivity index (χ1v) is 9.56. The second-order valence-electron chi connectivity index (χ2n) is 6.19. The molecule has 24 heavy (non-hydrogen) atoms. The number of nitrogens with one attached hydrogen (secondary N) is 1. The number of benzene rings is 1. The molecule has 1 saturated heterocycles. The van der Waals surface area contributed by atoms with Gasteiger partial charge >= 0.3 is 0 Å². The number of likely N-dealkylation sites (tertiary alicyclic amines) is 1. The van der Waals surface area contributed by atoms with Gasteiger partial charge in [0.1, 0.15) is 5.01 Å². The summed E-state index contributed by atoms with van der Waals surface area (Å²) in [5.41, 5.74) is 1.19. The van der Waals surface area contributed by atoms with Crippen LogP contribution < -0.4 is 5.32 Å². The molecule has 2 aromatic rings. The molecule has 0 amide bonds. The molecule has 1 aromatic carbocycles. The molecular weight excluding hydrogens is 344 g/mol. The Bertz CT molecular complexity index is 626. The second-order valence-corrected chi connectivity index (χ2v) is 7.69. The third-order valence-electron chi connectivity index (χ3n) is 4.40. The highest BCUT2D eigenvalue weighted by Crippen LogP contribution is 2.22. The van der Waals surface area contributed by atoms with Gasteiger partial charge in [0.15, 0.2) is 0 Å². The van der Waals surface area contributed by atoms with E-state index in [4.69, 9.17) is 16.7 Å². The summed E-state index contributed by atoms with van der Waals surface area (Å²) in [6, 6.07) is 7.86. The van der Waals surface area contributed by atoms with E-state index in [2.05, 4.69) is 20.4 Å². The van der Waals surface area contributed by atoms with Crippen LogP contribution >= 0.6 is 22.9 Å². The Morgan fingerprint density at radius 1 is 1.21 bits per heavy atom. The van der Waals surface area contributed by atoms with E-state index in [9.17, 15) is 0 Å². The zero-order valence-corrected chi connectivity index (χ0v) is 15.2. The van der Waals surface area contributed by atoms with Crippen molar-refractivity contribution in [3.05, 3.63) is 39.9 Å². The van der Waals surface area contributed by atoms with Gasteiger partial charge in [-0.2, -0.15) is 0 Å². The van der Waals surface area contributed by atoms with Crippen molar-refractivity contribution in [1.82, 2.24) is 15.1 Å². The van der Waals surface area contributed by atoms with Crippen LogP contribution in [0.15, 0.2) is 24.3 Å². The van der Waals surface area contributed by atoms with Crippen LogP contribution in [0.25, 0.3) is 0 Å². The van der Waals surface area contributed by atoms with E-state index in [-0.39, 0.29) is 6.61 Å². The summed E-state index contributed by atoms with van der Waals surface area (Å²) in [6.07, 6.45) is 3.13. The van der Waals surface area contributed by atoms with Crippen LogP contribution in [0, 0.1) is 5.92 Å². The molecule has 7 heteroatoms. The van der Waals surface area contributed by atoms with Gasteiger partial charge in [-0.05, 0) is 49.5 Å². The van der Waals surface area contributed by atoms with Gasteiger partial charge in [-0.1, -0.05) is 35.1 Å². The highest BCUT2D eigenvalue weighted by Gasteiger charge is 2.18. The fourth-order valence-electron chi connectivity index (χ4n) is 2.96. The number of piperidine rings is 1. The monoisotopic (exact) mass is 366 g/mol. The van der Waals surface area contributed by atoms with Crippen molar-refractivity contribution in [2.75, 3.05) is 38.1 Å². The quantitative estimate of drug-likeness (QED) is 0.789. The summed E-state index contributed by atoms with van der Waals surface area (Å²) in [7, 11) is 0. The largest absolute Gasteiger partial charge is 0.395 e. The van der Waals surface area contributed by atoms with Gasteiger partial charge in [0, 0.05) is 24.5 Å². The SMILES string of the molecule is OCCN1CCC(CNc2nnc(Cc3ccc(Cl)cc3)s2)CC1. The Labute approximate surface area is 151 Å². The lowest BCUT2D eigenvalue weighted by Gasteiger charge is -2.31. The Morgan fingerprint density at radius 2 is 1.96 bits per heavy atom. The number of rotatable bonds is 7. The predicted molar refractivity (Wildman–Crippen MR) is 98.9 cm³/mol. The number of nitrogens with zero attached hydrogens (tertiary/aromatic N) is 3. The Morgan fingerprint density at radius 3 is 2.67 bits per heavy atom. The smallest absolute Gasteiger partial charge is 0.205 e. The summed E-state index contributed by atoms with van der Waals surface area (Å²) in [4.78, 5) is 2.33. The number of hydrogen-bond acceptors (Lipinski definition) is 6. The lowest BCUT2D eigenvalue weighted by Crippen LogP contribution is -2.37. The predicted octanol–water partition coefficient (Wildman–Crippen LogP) is 2.90. The van der Waals surface area contributed by atoms with Crippen molar-refractivity contribution in [2.24, 2.45) is 5.92 Å². The minimum absolute atomic E-state index is 0.254. The Kier molecular flexibility index (Phi) is 6.43. The first-order valence-electron chi connectivity index (χ1n) is 8.37. The van der Waals surface area contributed by atoms with Gasteiger partial charge in [0.05, 0.1) is 6.61 Å². The fraction of sp³-hybridized carbons (Fsp3) is 0.529. The van der Waals surface area contributed by atoms with Crippen molar-refractivity contribution in [1.29, 1.82) is 0 Å². The molecule has 0 atom stereocenters. The van der Waals surface area contributed by atoms with Gasteiger partial charge in [-0.15, -0.1) is 10.2 Å². The van der Waals surface area contributed by atoms with Crippen LogP contribution in [0.2, 0.25) is 5.02 Å². The number of aliphatic hydroxyl groups excluding tert-OH is 1. The molecule has 1 aliphatic rings. The third-order valence-corrected chi connectivity index (χ3v) is 5.53. The van der Waals surface area contributed by atoms with Crippen LogP contribution in [0.4, 0.5) is 5.13 Å². The molecule has 0 unspecified atom stereocenters. The number of anilines is 1. The van der Waals surface area contributed by atoms with Crippen LogP contribution in [0.1, 0.15) is 23.4 Å². The van der Waals surface area contributed by atoms with Crippen LogP contribution in [-0.4, -0.2) is 53.0 Å². The molecule has 0 radical (unpaired) electrons. The molecule has 0 bridgehead atoms. The molecule has 1 aromatic heterocycles. The number of aromatic nitrogens is 2. The van der Waals surface area contributed by atoms with Crippen molar-refractivity contribution in [2.45, 2.75) is 19.3 Å². The zero-order chi connectivity index (χ0) is 16.8. The first-order chi connectivity index (χ1) is 11.7. The van der Waals surface area contributed by atoms with Crippen LogP contribution in [0.5, 0.6) is 0 Å². The summed E-state index contributed by atoms with van der Waals surface area (Å²) in [6.45, 7) is 4.15. The molecule has 1 aliphatic heterocycles. The van der Waals surface area contributed by atoms with Crippen molar-refractivity contribution in [3.63, 3.8) is 0 Å². The number of β-amino-alcohol motifs (C(OH)–C–C–N with tert-alkyl or cyclic N) is 1. The molecule has 0 spiro atoms. The standard InChI is InChI=1S/C17H23ClN4OS/c18-15-3-1-13(2-4-15)11-16-20-21-17(24-16)19-12-14-5-7-22(8-6-14)9-10-23/h1-4,14,23H,5-12H2,(H,19,21). The van der Waals surface area contributed by atoms with E-state index in [1.807, 2.05) is 24.3 Å². The molecule has 5 nitrogen and oxygen atoms in total. The average Bonchev–Trinajstić information content (AvgIpc) is 3.04. The molecule has 2 heterocycles. The maximum absolute atomic E-state index is 8.98. The van der Waals surface area contributed by atoms with E-state index in [0.29, 0.717) is 5.92 Å². The van der Waals surface area contributed by atoms with E-state index >= 15 is 0 Å². The molecule has 0 saturated carbocycles. The van der Waals surface area contributed by atoms with Crippen LogP contribution in [0.3, 0.4) is 0 Å². The number of aliphatic hydroxyl groups is 1. The zero-order valence-electron chi connectivity index (χ0n) is 13.6. The molecule has 130 valence electrons. The van der Waals surface area contributed by atoms with E-state index < -0.39 is 0 Å². The summed E-state index contributed by atoms with van der Waals surface area (Å²) < 4.78 is 0. The average molecular weight is 367 g/mol. The van der Waals surface area contributed by atoms with Gasteiger partial charge in [0.25, 0.3) is 0 Å². The van der Waals surface area contributed by atoms with Gasteiger partial charge in [-0.3, -0.25) is 0 Å². The third kappa shape index (κ3) is 5.14. The van der Waals surface area contributed by atoms with Crippen molar-refractivity contribution >= 4 is 28.1 Å². The molecular formula is C17H23ClN4OS. The Hall–Kier alpha value is -1.21. The first kappa shape index (κ1) is 17.6. The fourth-order valence-corrected chi connectivity index (χ4v) is 3.87. The number of hydrogen-bond donors (Lipinski definition) is 2.